The summed E-state index contributed by atoms with van der Waals surface area (Å²) >= 11 is 0. The first-order valence-electron chi connectivity index (χ1n) is 11.1. The quantitative estimate of drug-likeness (QED) is 0.629. The molecule has 8 heteroatoms. The molecule has 3 rings (SSSR count). The van der Waals surface area contributed by atoms with E-state index in [9.17, 15) is 19.2 Å². The minimum absolute atomic E-state index is 0.0893. The van der Waals surface area contributed by atoms with E-state index in [4.69, 9.17) is 4.74 Å². The molecule has 2 N–H and O–H groups in total. The second-order valence-electron chi connectivity index (χ2n) is 8.05. The second-order valence-corrected chi connectivity index (χ2v) is 8.05. The van der Waals surface area contributed by atoms with Crippen LogP contribution in [0.5, 0.6) is 0 Å². The van der Waals surface area contributed by atoms with E-state index in [1.807, 2.05) is 30.3 Å². The molecule has 0 aromatic heterocycles. The number of esters is 1. The van der Waals surface area contributed by atoms with Gasteiger partial charge < -0.3 is 15.0 Å². The van der Waals surface area contributed by atoms with Crippen LogP contribution in [0.25, 0.3) is 0 Å². The third kappa shape index (κ3) is 6.90. The molecule has 1 aliphatic rings. The first-order valence-corrected chi connectivity index (χ1v) is 11.1. The van der Waals surface area contributed by atoms with Crippen molar-refractivity contribution in [2.24, 2.45) is 0 Å². The van der Waals surface area contributed by atoms with Crippen molar-refractivity contribution in [3.8, 4) is 0 Å². The molecule has 4 amide bonds. The number of rotatable bonds is 7. The van der Waals surface area contributed by atoms with Gasteiger partial charge in [0.05, 0.1) is 11.1 Å². The van der Waals surface area contributed by atoms with Crippen LogP contribution in [0.2, 0.25) is 0 Å². The normalized spacial score (nSPS) is 13.6. The molecule has 0 aliphatic heterocycles. The summed E-state index contributed by atoms with van der Waals surface area (Å²) in [6, 6.07) is 15.1. The monoisotopic (exact) mass is 451 g/mol. The average molecular weight is 452 g/mol. The Morgan fingerprint density at radius 1 is 0.909 bits per heavy atom. The summed E-state index contributed by atoms with van der Waals surface area (Å²) in [7, 11) is 1.75. The van der Waals surface area contributed by atoms with Gasteiger partial charge in [0.1, 0.15) is 0 Å². The Balaban J connectivity index is 1.52. The lowest BCUT2D eigenvalue weighted by Gasteiger charge is -2.31. The molecule has 0 bridgehead atoms. The summed E-state index contributed by atoms with van der Waals surface area (Å²) in [6.07, 6.45) is 5.23. The molecular formula is C25H29N3O5. The van der Waals surface area contributed by atoms with Crippen LogP contribution in [0.3, 0.4) is 0 Å². The van der Waals surface area contributed by atoms with Crippen molar-refractivity contribution in [1.29, 1.82) is 0 Å². The number of urea groups is 1. The maximum atomic E-state index is 13.0. The average Bonchev–Trinajstić information content (AvgIpc) is 2.86. The Labute approximate surface area is 193 Å². The van der Waals surface area contributed by atoms with Gasteiger partial charge in [0.2, 0.25) is 0 Å². The number of imide groups is 1. The van der Waals surface area contributed by atoms with Crippen molar-refractivity contribution >= 4 is 23.8 Å². The maximum Gasteiger partial charge on any atom is 0.339 e. The predicted octanol–water partition coefficient (Wildman–Crippen LogP) is 3.27. The Kier molecular flexibility index (Phi) is 8.57. The van der Waals surface area contributed by atoms with Crippen LogP contribution < -0.4 is 10.6 Å². The summed E-state index contributed by atoms with van der Waals surface area (Å²) in [5, 5.41) is 4.67. The minimum Gasteiger partial charge on any atom is -0.452 e. The molecule has 0 heterocycles. The number of hydrogen-bond donors (Lipinski definition) is 2. The number of carbonyl (C=O) groups excluding carboxylic acids is 4. The van der Waals surface area contributed by atoms with E-state index in [0.717, 1.165) is 31.2 Å². The maximum absolute atomic E-state index is 13.0. The molecule has 0 radical (unpaired) electrons. The standard InChI is InChI=1S/C25H29N3O5/c1-28(19-12-6-3-7-13-19)23(30)20-14-8-9-15-21(20)24(31)33-17-22(29)27-25(32)26-16-18-10-4-2-5-11-18/h2,4-5,8-11,14-15,19H,3,6-7,12-13,16-17H2,1H3,(H2,26,27,29,32). The highest BCUT2D eigenvalue weighted by Crippen LogP contribution is 2.24. The number of nitrogens with zero attached hydrogens (tertiary/aromatic N) is 1. The number of ether oxygens (including phenoxy) is 1. The largest absolute Gasteiger partial charge is 0.452 e. The third-order valence-electron chi connectivity index (χ3n) is 5.70. The van der Waals surface area contributed by atoms with Gasteiger partial charge in [-0.2, -0.15) is 0 Å². The highest BCUT2D eigenvalue weighted by molar-refractivity contribution is 6.06. The van der Waals surface area contributed by atoms with E-state index >= 15 is 0 Å². The lowest BCUT2D eigenvalue weighted by molar-refractivity contribution is -0.123. The molecule has 0 spiro atoms. The van der Waals surface area contributed by atoms with Crippen molar-refractivity contribution < 1.29 is 23.9 Å². The van der Waals surface area contributed by atoms with Gasteiger partial charge in [-0.25, -0.2) is 9.59 Å². The highest BCUT2D eigenvalue weighted by Gasteiger charge is 2.26. The lowest BCUT2D eigenvalue weighted by Crippen LogP contribution is -2.41. The van der Waals surface area contributed by atoms with Crippen molar-refractivity contribution in [3.05, 3.63) is 71.3 Å². The van der Waals surface area contributed by atoms with Gasteiger partial charge in [0.15, 0.2) is 6.61 Å². The predicted molar refractivity (Wildman–Crippen MR) is 123 cm³/mol. The fourth-order valence-corrected chi connectivity index (χ4v) is 3.87. The Morgan fingerprint density at radius 2 is 1.55 bits per heavy atom. The molecule has 0 saturated heterocycles. The van der Waals surface area contributed by atoms with Crippen LogP contribution in [0, 0.1) is 0 Å². The fourth-order valence-electron chi connectivity index (χ4n) is 3.87. The number of hydrogen-bond acceptors (Lipinski definition) is 5. The first kappa shape index (κ1) is 24.0. The SMILES string of the molecule is CN(C(=O)c1ccccc1C(=O)OCC(=O)NC(=O)NCc1ccccc1)C1CCCCC1. The van der Waals surface area contributed by atoms with Crippen molar-refractivity contribution in [1.82, 2.24) is 15.5 Å². The summed E-state index contributed by atoms with van der Waals surface area (Å²) in [5.74, 6) is -1.81. The Bertz CT molecular complexity index is 987. The molecule has 174 valence electrons. The van der Waals surface area contributed by atoms with Gasteiger partial charge in [-0.15, -0.1) is 0 Å². The second kappa shape index (κ2) is 11.8. The molecule has 2 aromatic carbocycles. The van der Waals surface area contributed by atoms with Gasteiger partial charge in [0.25, 0.3) is 11.8 Å². The van der Waals surface area contributed by atoms with E-state index in [0.29, 0.717) is 0 Å². The molecule has 2 aromatic rings. The molecule has 0 atom stereocenters. The van der Waals surface area contributed by atoms with Crippen molar-refractivity contribution in [2.45, 2.75) is 44.7 Å². The molecule has 8 nitrogen and oxygen atoms in total. The van der Waals surface area contributed by atoms with E-state index < -0.39 is 24.5 Å². The van der Waals surface area contributed by atoms with E-state index in [1.165, 1.54) is 12.5 Å². The highest BCUT2D eigenvalue weighted by atomic mass is 16.5. The summed E-state index contributed by atoms with van der Waals surface area (Å²) < 4.78 is 5.07. The van der Waals surface area contributed by atoms with Crippen LogP contribution >= 0.6 is 0 Å². The summed E-state index contributed by atoms with van der Waals surface area (Å²) in [4.78, 5) is 51.2. The van der Waals surface area contributed by atoms with Gasteiger partial charge >= 0.3 is 12.0 Å². The van der Waals surface area contributed by atoms with Gasteiger partial charge in [-0.3, -0.25) is 14.9 Å². The zero-order valence-corrected chi connectivity index (χ0v) is 18.7. The lowest BCUT2D eigenvalue weighted by atomic mass is 9.94. The molecule has 1 aliphatic carbocycles. The number of nitrogens with one attached hydrogen (secondary N) is 2. The Morgan fingerprint density at radius 3 is 2.24 bits per heavy atom. The van der Waals surface area contributed by atoms with E-state index in [1.54, 1.807) is 30.1 Å². The molecule has 0 unspecified atom stereocenters. The van der Waals surface area contributed by atoms with Crippen molar-refractivity contribution in [3.63, 3.8) is 0 Å². The van der Waals surface area contributed by atoms with Gasteiger partial charge in [-0.05, 0) is 30.5 Å². The number of amides is 4. The van der Waals surface area contributed by atoms with Gasteiger partial charge in [-0.1, -0.05) is 61.7 Å². The molecule has 1 saturated carbocycles. The van der Waals surface area contributed by atoms with Crippen LogP contribution in [0.15, 0.2) is 54.6 Å². The summed E-state index contributed by atoms with van der Waals surface area (Å²) in [6.45, 7) is -0.387. The van der Waals surface area contributed by atoms with Crippen LogP contribution in [0.1, 0.15) is 58.4 Å². The number of benzene rings is 2. The van der Waals surface area contributed by atoms with Crippen LogP contribution in [-0.4, -0.2) is 48.4 Å². The zero-order chi connectivity index (χ0) is 23.6. The van der Waals surface area contributed by atoms with Crippen molar-refractivity contribution in [2.75, 3.05) is 13.7 Å². The first-order chi connectivity index (χ1) is 16.0. The smallest absolute Gasteiger partial charge is 0.339 e. The molecular weight excluding hydrogens is 422 g/mol. The topological polar surface area (TPSA) is 105 Å². The minimum atomic E-state index is -0.796. The number of carbonyl (C=O) groups is 4. The van der Waals surface area contributed by atoms with Crippen LogP contribution in [0.4, 0.5) is 4.79 Å². The van der Waals surface area contributed by atoms with Crippen LogP contribution in [-0.2, 0) is 16.1 Å². The summed E-state index contributed by atoms with van der Waals surface area (Å²) in [5.41, 5.74) is 1.20. The third-order valence-corrected chi connectivity index (χ3v) is 5.70. The van der Waals surface area contributed by atoms with Gasteiger partial charge in [0, 0.05) is 19.6 Å². The van der Waals surface area contributed by atoms with E-state index in [2.05, 4.69) is 10.6 Å². The fraction of sp³-hybridized carbons (Fsp3) is 0.360. The molecule has 1 fully saturated rings. The zero-order valence-electron chi connectivity index (χ0n) is 18.7. The molecule has 33 heavy (non-hydrogen) atoms. The van der Waals surface area contributed by atoms with E-state index in [-0.39, 0.29) is 29.6 Å². The Hall–Kier alpha value is -3.68.